The van der Waals surface area contributed by atoms with Crippen molar-refractivity contribution in [1.82, 2.24) is 10.3 Å². The molecule has 1 aliphatic rings. The van der Waals surface area contributed by atoms with Gasteiger partial charge in [0.25, 0.3) is 5.97 Å². The van der Waals surface area contributed by atoms with E-state index in [1.54, 1.807) is 24.5 Å². The minimum atomic E-state index is -1.12. The van der Waals surface area contributed by atoms with E-state index in [1.165, 1.54) is 0 Å². The second-order valence-corrected chi connectivity index (χ2v) is 7.44. The lowest BCUT2D eigenvalue weighted by molar-refractivity contribution is -0.139. The van der Waals surface area contributed by atoms with Gasteiger partial charge in [-0.15, -0.1) is 0 Å². The first-order chi connectivity index (χ1) is 15.9. The molecule has 3 aromatic rings. The Morgan fingerprint density at radius 3 is 1.97 bits per heavy atom. The second-order valence-electron chi connectivity index (χ2n) is 7.44. The summed E-state index contributed by atoms with van der Waals surface area (Å²) in [6, 6.07) is 18.4. The fourth-order valence-corrected chi connectivity index (χ4v) is 3.74. The number of aromatic nitrogens is 1. The zero-order chi connectivity index (χ0) is 23.8. The summed E-state index contributed by atoms with van der Waals surface area (Å²) < 4.78 is 5.43. The van der Waals surface area contributed by atoms with Crippen LogP contribution in [0.4, 0.5) is 4.79 Å². The summed E-state index contributed by atoms with van der Waals surface area (Å²) >= 11 is 0. The van der Waals surface area contributed by atoms with Crippen LogP contribution in [0.2, 0.25) is 0 Å². The van der Waals surface area contributed by atoms with Crippen LogP contribution in [0, 0.1) is 0 Å². The van der Waals surface area contributed by atoms with Gasteiger partial charge in [0.15, 0.2) is 0 Å². The molecule has 1 heterocycles. The minimum Gasteiger partial charge on any atom is -0.481 e. The van der Waals surface area contributed by atoms with Crippen LogP contribution in [0.1, 0.15) is 29.5 Å². The van der Waals surface area contributed by atoms with Crippen molar-refractivity contribution in [2.45, 2.75) is 25.3 Å². The molecule has 2 aromatic carbocycles. The number of hydrogen-bond donors (Lipinski definition) is 3. The van der Waals surface area contributed by atoms with Gasteiger partial charge >= 0.3 is 12.1 Å². The van der Waals surface area contributed by atoms with E-state index in [4.69, 9.17) is 14.6 Å². The van der Waals surface area contributed by atoms with Gasteiger partial charge in [-0.1, -0.05) is 48.5 Å². The number of nitrogens with one attached hydrogen (secondary N) is 1. The Bertz CT molecular complexity index is 1080. The molecule has 170 valence electrons. The number of ether oxygens (including phenoxy) is 1. The smallest absolute Gasteiger partial charge is 0.407 e. The van der Waals surface area contributed by atoms with Crippen molar-refractivity contribution in [2.75, 3.05) is 6.61 Å². The number of carbonyl (C=O) groups excluding carboxylic acids is 1. The normalized spacial score (nSPS) is 12.4. The molecule has 0 spiro atoms. The molecule has 0 saturated heterocycles. The van der Waals surface area contributed by atoms with Crippen LogP contribution in [0.3, 0.4) is 0 Å². The first-order valence-electron chi connectivity index (χ1n) is 10.3. The fourth-order valence-electron chi connectivity index (χ4n) is 3.74. The third-order valence-electron chi connectivity index (χ3n) is 5.12. The maximum atomic E-state index is 12.3. The number of rotatable bonds is 6. The Morgan fingerprint density at radius 2 is 1.45 bits per heavy atom. The SMILES string of the molecule is CC(=O)O.O=C(NC(Cc1ccncc1)C(=O)O)OCC1c2ccccc2-c2ccccc21. The van der Waals surface area contributed by atoms with Gasteiger partial charge in [0, 0.05) is 31.7 Å². The highest BCUT2D eigenvalue weighted by Crippen LogP contribution is 2.44. The van der Waals surface area contributed by atoms with E-state index in [1.807, 2.05) is 36.4 Å². The van der Waals surface area contributed by atoms with Crippen LogP contribution in [0.5, 0.6) is 0 Å². The molecular weight excluding hydrogens is 424 g/mol. The third kappa shape index (κ3) is 6.16. The second kappa shape index (κ2) is 10.9. The molecule has 0 fully saturated rings. The average Bonchev–Trinajstić information content (AvgIpc) is 3.11. The fraction of sp³-hybridized carbons (Fsp3) is 0.200. The van der Waals surface area contributed by atoms with E-state index in [2.05, 4.69) is 22.4 Å². The number of pyridine rings is 1. The molecule has 4 rings (SSSR count). The molecule has 1 unspecified atom stereocenters. The molecule has 1 atom stereocenters. The maximum Gasteiger partial charge on any atom is 0.407 e. The zero-order valence-electron chi connectivity index (χ0n) is 18.0. The van der Waals surface area contributed by atoms with Gasteiger partial charge < -0.3 is 20.3 Å². The zero-order valence-corrected chi connectivity index (χ0v) is 18.0. The van der Waals surface area contributed by atoms with Gasteiger partial charge in [-0.25, -0.2) is 9.59 Å². The number of carbonyl (C=O) groups is 3. The van der Waals surface area contributed by atoms with Crippen molar-refractivity contribution in [2.24, 2.45) is 0 Å². The van der Waals surface area contributed by atoms with Gasteiger partial charge in [-0.3, -0.25) is 9.78 Å². The Balaban J connectivity index is 0.000000709. The molecule has 1 aromatic heterocycles. The monoisotopic (exact) mass is 448 g/mol. The number of carboxylic acid groups (broad SMARTS) is 2. The lowest BCUT2D eigenvalue weighted by Gasteiger charge is -2.17. The molecule has 1 aliphatic carbocycles. The summed E-state index contributed by atoms with van der Waals surface area (Å²) in [6.07, 6.45) is 2.58. The Hall–Kier alpha value is -4.20. The predicted octanol–water partition coefficient (Wildman–Crippen LogP) is 3.71. The molecular formula is C25H24N2O6. The van der Waals surface area contributed by atoms with Crippen molar-refractivity contribution in [3.05, 3.63) is 89.7 Å². The quantitative estimate of drug-likeness (QED) is 0.525. The highest BCUT2D eigenvalue weighted by molar-refractivity contribution is 5.81. The number of hydrogen-bond acceptors (Lipinski definition) is 5. The number of fused-ring (bicyclic) bond motifs is 3. The Kier molecular flexibility index (Phi) is 7.75. The molecule has 0 aliphatic heterocycles. The van der Waals surface area contributed by atoms with Crippen molar-refractivity contribution in [3.63, 3.8) is 0 Å². The number of aliphatic carboxylic acids is 2. The summed E-state index contributed by atoms with van der Waals surface area (Å²) in [4.78, 5) is 36.8. The average molecular weight is 448 g/mol. The molecule has 8 heteroatoms. The van der Waals surface area contributed by atoms with E-state index in [0.717, 1.165) is 34.7 Å². The summed E-state index contributed by atoms with van der Waals surface area (Å²) in [5.74, 6) is -2.02. The van der Waals surface area contributed by atoms with Gasteiger partial charge in [-0.05, 0) is 39.9 Å². The number of nitrogens with zero attached hydrogens (tertiary/aromatic N) is 1. The van der Waals surface area contributed by atoms with Gasteiger partial charge in [0.1, 0.15) is 12.6 Å². The van der Waals surface area contributed by atoms with Gasteiger partial charge in [0.05, 0.1) is 0 Å². The molecule has 33 heavy (non-hydrogen) atoms. The lowest BCUT2D eigenvalue weighted by atomic mass is 9.98. The van der Waals surface area contributed by atoms with E-state index in [0.29, 0.717) is 0 Å². The van der Waals surface area contributed by atoms with Crippen molar-refractivity contribution in [1.29, 1.82) is 0 Å². The first kappa shape index (κ1) is 23.5. The summed E-state index contributed by atoms with van der Waals surface area (Å²) in [6.45, 7) is 1.22. The first-order valence-corrected chi connectivity index (χ1v) is 10.3. The molecule has 1 amide bonds. The van der Waals surface area contributed by atoms with E-state index < -0.39 is 24.1 Å². The Labute approximate surface area is 190 Å². The van der Waals surface area contributed by atoms with Gasteiger partial charge in [-0.2, -0.15) is 0 Å². The highest BCUT2D eigenvalue weighted by Gasteiger charge is 2.29. The van der Waals surface area contributed by atoms with Crippen LogP contribution in [0.25, 0.3) is 11.1 Å². The van der Waals surface area contributed by atoms with Crippen LogP contribution >= 0.6 is 0 Å². The molecule has 8 nitrogen and oxygen atoms in total. The van der Waals surface area contributed by atoms with E-state index >= 15 is 0 Å². The molecule has 0 saturated carbocycles. The number of alkyl carbamates (subject to hydrolysis) is 1. The topological polar surface area (TPSA) is 126 Å². The summed E-state index contributed by atoms with van der Waals surface area (Å²) in [5.41, 5.74) is 5.25. The van der Waals surface area contributed by atoms with Crippen LogP contribution in [-0.4, -0.2) is 45.9 Å². The van der Waals surface area contributed by atoms with Crippen molar-refractivity contribution >= 4 is 18.0 Å². The van der Waals surface area contributed by atoms with E-state index in [9.17, 15) is 14.7 Å². The lowest BCUT2D eigenvalue weighted by Crippen LogP contribution is -2.42. The van der Waals surface area contributed by atoms with Crippen LogP contribution < -0.4 is 5.32 Å². The van der Waals surface area contributed by atoms with Gasteiger partial charge in [0.2, 0.25) is 0 Å². The molecule has 3 N–H and O–H groups in total. The largest absolute Gasteiger partial charge is 0.481 e. The standard InChI is InChI=1S/C23H20N2O4.C2H4O2/c26-22(27)21(13-15-9-11-24-12-10-15)25-23(28)29-14-20-18-7-3-1-5-16(18)17-6-2-4-8-19(17)20;1-2(3)4/h1-12,20-21H,13-14H2,(H,25,28)(H,26,27);1H3,(H,3,4). The predicted molar refractivity (Wildman–Crippen MR) is 121 cm³/mol. The number of amides is 1. The van der Waals surface area contributed by atoms with Crippen LogP contribution in [-0.2, 0) is 20.7 Å². The summed E-state index contributed by atoms with van der Waals surface area (Å²) in [5, 5.41) is 19.3. The van der Waals surface area contributed by atoms with Crippen molar-refractivity contribution in [3.8, 4) is 11.1 Å². The minimum absolute atomic E-state index is 0.0726. The Morgan fingerprint density at radius 1 is 0.939 bits per heavy atom. The third-order valence-corrected chi connectivity index (χ3v) is 5.12. The molecule has 0 radical (unpaired) electrons. The molecule has 0 bridgehead atoms. The number of carboxylic acids is 2. The van der Waals surface area contributed by atoms with Crippen molar-refractivity contribution < 1.29 is 29.3 Å². The maximum absolute atomic E-state index is 12.3. The van der Waals surface area contributed by atoms with E-state index in [-0.39, 0.29) is 18.9 Å². The number of benzene rings is 2. The highest BCUT2D eigenvalue weighted by atomic mass is 16.5. The summed E-state index contributed by atoms with van der Waals surface area (Å²) in [7, 11) is 0. The van der Waals surface area contributed by atoms with Crippen LogP contribution in [0.15, 0.2) is 73.1 Å².